The second-order valence-corrected chi connectivity index (χ2v) is 11.6. The summed E-state index contributed by atoms with van der Waals surface area (Å²) in [7, 11) is -0.117. The topological polar surface area (TPSA) is 30.0 Å². The summed E-state index contributed by atoms with van der Waals surface area (Å²) in [4.78, 5) is 21.1. The Labute approximate surface area is 234 Å². The van der Waals surface area contributed by atoms with Crippen LogP contribution in [0.2, 0.25) is 0 Å². The number of allylic oxidation sites excluding steroid dienone is 1. The third-order valence-corrected chi connectivity index (χ3v) is 9.41. The van der Waals surface area contributed by atoms with Crippen LogP contribution in [0.3, 0.4) is 0 Å². The Morgan fingerprint density at radius 1 is 0.737 bits per heavy atom. The Kier molecular flexibility index (Phi) is 8.52. The Bertz CT molecular complexity index is 1310. The van der Waals surface area contributed by atoms with E-state index in [1.807, 2.05) is 23.1 Å². The standard InChI is InChI=1S/C31H34N4OS.ClH/c36-31-29-16-8-7-11-26(29)25-34(31)19-10-9-18-32-20-22-33(23-21-32)30-17-24-37(28-14-5-2-6-15-28)35(30)27-12-3-1-4-13-27;/h1-8,11-17,24H,9-10,18-23,25H2;1H. The van der Waals surface area contributed by atoms with E-state index in [9.17, 15) is 4.79 Å². The van der Waals surface area contributed by atoms with E-state index in [1.54, 1.807) is 0 Å². The normalized spacial score (nSPS) is 19.2. The molecule has 0 aliphatic carbocycles. The molecule has 3 heterocycles. The number of piperazine rings is 1. The highest BCUT2D eigenvalue weighted by atomic mass is 35.5. The number of hydrogen-bond donors (Lipinski definition) is 0. The van der Waals surface area contributed by atoms with Crippen molar-refractivity contribution in [3.63, 3.8) is 0 Å². The maximum absolute atomic E-state index is 12.6. The summed E-state index contributed by atoms with van der Waals surface area (Å²) in [5, 5.41) is 2.36. The van der Waals surface area contributed by atoms with Gasteiger partial charge in [-0.05, 0) is 66.7 Å². The number of rotatable bonds is 8. The molecule has 0 spiro atoms. The number of fused-ring (bicyclic) bond motifs is 1. The SMILES string of the molecule is Cl.O=C1c2ccccc2CN1CCCCN1CCN(C2=CC=S(c3ccccc3)N2c2ccccc2)CC1. The molecule has 3 aromatic carbocycles. The van der Waals surface area contributed by atoms with Crippen molar-refractivity contribution in [3.05, 3.63) is 108 Å². The number of unbranched alkanes of at least 4 members (excludes halogenated alkanes) is 1. The molecular formula is C31H35ClN4OS. The summed E-state index contributed by atoms with van der Waals surface area (Å²) in [6.07, 6.45) is 4.51. The predicted molar refractivity (Wildman–Crippen MR) is 161 cm³/mol. The lowest BCUT2D eigenvalue weighted by Gasteiger charge is -2.40. The number of amides is 1. The zero-order valence-corrected chi connectivity index (χ0v) is 23.2. The molecule has 3 aliphatic heterocycles. The molecule has 198 valence electrons. The number of carbonyl (C=O) groups excluding carboxylic acids is 1. The van der Waals surface area contributed by atoms with Crippen molar-refractivity contribution in [2.24, 2.45) is 0 Å². The quantitative estimate of drug-likeness (QED) is 0.261. The van der Waals surface area contributed by atoms with Crippen LogP contribution in [-0.4, -0.2) is 65.2 Å². The molecule has 0 aromatic heterocycles. The van der Waals surface area contributed by atoms with Gasteiger partial charge in [0.25, 0.3) is 5.91 Å². The average Bonchev–Trinajstić information content (AvgIpc) is 3.54. The monoisotopic (exact) mass is 546 g/mol. The first kappa shape index (κ1) is 26.5. The molecular weight excluding hydrogens is 512 g/mol. The molecule has 38 heavy (non-hydrogen) atoms. The van der Waals surface area contributed by atoms with E-state index >= 15 is 0 Å². The average molecular weight is 547 g/mol. The van der Waals surface area contributed by atoms with Crippen molar-refractivity contribution in [2.45, 2.75) is 24.3 Å². The fraction of sp³-hybridized carbons (Fsp3) is 0.290. The van der Waals surface area contributed by atoms with Crippen molar-refractivity contribution < 1.29 is 4.79 Å². The molecule has 0 bridgehead atoms. The second kappa shape index (κ2) is 12.2. The Hall–Kier alpha value is -3.06. The molecule has 1 unspecified atom stereocenters. The van der Waals surface area contributed by atoms with Gasteiger partial charge in [-0.15, -0.1) is 12.4 Å². The molecule has 1 amide bonds. The van der Waals surface area contributed by atoms with Crippen molar-refractivity contribution in [1.82, 2.24) is 14.7 Å². The minimum absolute atomic E-state index is 0. The number of para-hydroxylation sites is 1. The van der Waals surface area contributed by atoms with Gasteiger partial charge in [0.15, 0.2) is 0 Å². The van der Waals surface area contributed by atoms with Gasteiger partial charge >= 0.3 is 0 Å². The Morgan fingerprint density at radius 3 is 2.13 bits per heavy atom. The van der Waals surface area contributed by atoms with E-state index in [1.165, 1.54) is 22.0 Å². The number of carbonyl (C=O) groups is 1. The zero-order valence-electron chi connectivity index (χ0n) is 21.6. The summed E-state index contributed by atoms with van der Waals surface area (Å²) in [6.45, 7) is 6.95. The van der Waals surface area contributed by atoms with Gasteiger partial charge in [0, 0.05) is 49.7 Å². The van der Waals surface area contributed by atoms with Crippen LogP contribution in [0.15, 0.2) is 102 Å². The van der Waals surface area contributed by atoms with E-state index < -0.39 is 0 Å². The molecule has 3 aliphatic rings. The lowest BCUT2D eigenvalue weighted by molar-refractivity contribution is 0.0772. The van der Waals surface area contributed by atoms with Gasteiger partial charge in [0.2, 0.25) is 0 Å². The lowest BCUT2D eigenvalue weighted by Crippen LogP contribution is -2.48. The van der Waals surface area contributed by atoms with Gasteiger partial charge in [0.1, 0.15) is 5.82 Å². The van der Waals surface area contributed by atoms with Gasteiger partial charge in [-0.1, -0.05) is 65.3 Å². The van der Waals surface area contributed by atoms with Crippen LogP contribution in [0.25, 0.3) is 0 Å². The van der Waals surface area contributed by atoms with Crippen LogP contribution in [0.5, 0.6) is 0 Å². The fourth-order valence-corrected chi connectivity index (χ4v) is 7.38. The molecule has 1 fully saturated rings. The van der Waals surface area contributed by atoms with Gasteiger partial charge in [-0.3, -0.25) is 14.0 Å². The first-order valence-electron chi connectivity index (χ1n) is 13.3. The number of nitrogens with zero attached hydrogens (tertiary/aromatic N) is 4. The first-order valence-corrected chi connectivity index (χ1v) is 14.6. The Balaban J connectivity index is 0.00000294. The highest BCUT2D eigenvalue weighted by molar-refractivity contribution is 8.16. The first-order chi connectivity index (χ1) is 18.3. The lowest BCUT2D eigenvalue weighted by atomic mass is 10.1. The molecule has 1 saturated heterocycles. The third-order valence-electron chi connectivity index (χ3n) is 7.47. The van der Waals surface area contributed by atoms with Crippen LogP contribution in [0.1, 0.15) is 28.8 Å². The number of hydrogen-bond acceptors (Lipinski definition) is 4. The Morgan fingerprint density at radius 2 is 1.39 bits per heavy atom. The maximum atomic E-state index is 12.6. The number of anilines is 1. The summed E-state index contributed by atoms with van der Waals surface area (Å²) in [6, 6.07) is 29.6. The van der Waals surface area contributed by atoms with Crippen LogP contribution in [0, 0.1) is 0 Å². The molecule has 7 heteroatoms. The highest BCUT2D eigenvalue weighted by Crippen LogP contribution is 2.42. The van der Waals surface area contributed by atoms with Crippen molar-refractivity contribution in [3.8, 4) is 0 Å². The van der Waals surface area contributed by atoms with Gasteiger partial charge in [-0.25, -0.2) is 0 Å². The van der Waals surface area contributed by atoms with Crippen molar-refractivity contribution >= 4 is 40.0 Å². The predicted octanol–water partition coefficient (Wildman–Crippen LogP) is 5.87. The van der Waals surface area contributed by atoms with Crippen molar-refractivity contribution in [2.75, 3.05) is 43.6 Å². The van der Waals surface area contributed by atoms with Crippen LogP contribution >= 0.6 is 23.1 Å². The molecule has 5 nitrogen and oxygen atoms in total. The molecule has 0 radical (unpaired) electrons. The smallest absolute Gasteiger partial charge is 0.254 e. The molecule has 6 rings (SSSR count). The summed E-state index contributed by atoms with van der Waals surface area (Å²) < 4.78 is 2.51. The highest BCUT2D eigenvalue weighted by Gasteiger charge is 2.29. The number of halogens is 1. The summed E-state index contributed by atoms with van der Waals surface area (Å²) >= 11 is 0. The number of benzene rings is 3. The minimum atomic E-state index is -0.117. The van der Waals surface area contributed by atoms with E-state index in [0.29, 0.717) is 0 Å². The second-order valence-electron chi connectivity index (χ2n) is 9.84. The minimum Gasteiger partial charge on any atom is -0.355 e. The van der Waals surface area contributed by atoms with Gasteiger partial charge in [0.05, 0.1) is 5.69 Å². The van der Waals surface area contributed by atoms with Gasteiger partial charge < -0.3 is 9.80 Å². The maximum Gasteiger partial charge on any atom is 0.254 e. The summed E-state index contributed by atoms with van der Waals surface area (Å²) in [5.41, 5.74) is 3.30. The van der Waals surface area contributed by atoms with E-state index in [4.69, 9.17) is 0 Å². The summed E-state index contributed by atoms with van der Waals surface area (Å²) in [5.74, 6) is 1.51. The van der Waals surface area contributed by atoms with E-state index in [0.717, 1.165) is 64.2 Å². The molecule has 0 saturated carbocycles. The van der Waals surface area contributed by atoms with E-state index in [-0.39, 0.29) is 29.0 Å². The third kappa shape index (κ3) is 5.53. The van der Waals surface area contributed by atoms with E-state index in [2.05, 4.69) is 92.3 Å². The largest absolute Gasteiger partial charge is 0.355 e. The van der Waals surface area contributed by atoms with Crippen LogP contribution in [-0.2, 0) is 6.54 Å². The van der Waals surface area contributed by atoms with Crippen LogP contribution in [0.4, 0.5) is 5.69 Å². The molecule has 3 aromatic rings. The van der Waals surface area contributed by atoms with Crippen molar-refractivity contribution in [1.29, 1.82) is 0 Å². The zero-order chi connectivity index (χ0) is 25.0. The molecule has 0 N–H and O–H groups in total. The van der Waals surface area contributed by atoms with Crippen LogP contribution < -0.4 is 4.31 Å². The fourth-order valence-electron chi connectivity index (χ4n) is 5.48. The molecule has 1 atom stereocenters. The van der Waals surface area contributed by atoms with Gasteiger partial charge in [-0.2, -0.15) is 0 Å².